The van der Waals surface area contributed by atoms with E-state index in [-0.39, 0.29) is 33.8 Å². The van der Waals surface area contributed by atoms with Gasteiger partial charge in [-0.1, -0.05) is 0 Å². The number of aliphatic hydroxyl groups is 6. The number of phenolic OH excluding ortho intramolecular Hbond substituents is 3. The first-order valence-corrected chi connectivity index (χ1v) is 12.9. The van der Waals surface area contributed by atoms with E-state index < -0.39 is 84.9 Å². The van der Waals surface area contributed by atoms with E-state index in [1.165, 1.54) is 25.1 Å². The molecule has 2 saturated heterocycles. The van der Waals surface area contributed by atoms with Gasteiger partial charge in [-0.15, -0.1) is 0 Å². The minimum absolute atomic E-state index is 0.0216. The molecular weight excluding hydrogens is 564 g/mol. The highest BCUT2D eigenvalue weighted by Crippen LogP contribution is 2.36. The molecular formula is C27H30O15. The van der Waals surface area contributed by atoms with Crippen molar-refractivity contribution in [2.45, 2.75) is 68.3 Å². The average Bonchev–Trinajstić information content (AvgIpc) is 2.95. The largest absolute Gasteiger partial charge is 0.507 e. The molecule has 0 spiro atoms. The zero-order valence-electron chi connectivity index (χ0n) is 21.9. The monoisotopic (exact) mass is 594 g/mol. The van der Waals surface area contributed by atoms with Gasteiger partial charge in [-0.3, -0.25) is 4.79 Å². The van der Waals surface area contributed by atoms with Gasteiger partial charge in [0.25, 0.3) is 0 Å². The van der Waals surface area contributed by atoms with Crippen LogP contribution in [-0.4, -0.2) is 114 Å². The van der Waals surface area contributed by atoms with Crippen molar-refractivity contribution in [3.8, 4) is 34.3 Å². The van der Waals surface area contributed by atoms with Gasteiger partial charge in [0.05, 0.1) is 12.7 Å². The summed E-state index contributed by atoms with van der Waals surface area (Å²) < 4.78 is 28.3. The van der Waals surface area contributed by atoms with E-state index in [2.05, 4.69) is 0 Å². The Hall–Kier alpha value is -3.51. The van der Waals surface area contributed by atoms with Gasteiger partial charge >= 0.3 is 0 Å². The molecule has 3 heterocycles. The molecule has 10 atom stereocenters. The Morgan fingerprint density at radius 2 is 1.52 bits per heavy atom. The molecule has 0 bridgehead atoms. The van der Waals surface area contributed by atoms with Crippen molar-refractivity contribution in [3.63, 3.8) is 0 Å². The fourth-order valence-electron chi connectivity index (χ4n) is 4.84. The Morgan fingerprint density at radius 3 is 2.21 bits per heavy atom. The van der Waals surface area contributed by atoms with Gasteiger partial charge in [0.2, 0.25) is 6.29 Å². The fraction of sp³-hybridized carbons (Fsp3) is 0.444. The Bertz CT molecular complexity index is 1490. The molecule has 0 amide bonds. The molecule has 9 N–H and O–H groups in total. The van der Waals surface area contributed by atoms with Gasteiger partial charge in [-0.2, -0.15) is 0 Å². The number of benzene rings is 2. The number of fused-ring (bicyclic) bond motifs is 1. The summed E-state index contributed by atoms with van der Waals surface area (Å²) in [4.78, 5) is 12.8. The summed E-state index contributed by atoms with van der Waals surface area (Å²) >= 11 is 0. The molecule has 5 rings (SSSR count). The molecule has 0 unspecified atom stereocenters. The molecule has 2 aliphatic rings. The molecule has 0 radical (unpaired) electrons. The van der Waals surface area contributed by atoms with E-state index in [0.29, 0.717) is 0 Å². The summed E-state index contributed by atoms with van der Waals surface area (Å²) in [5.41, 5.74) is -0.575. The number of hydrogen-bond donors (Lipinski definition) is 9. The summed E-state index contributed by atoms with van der Waals surface area (Å²) in [5.74, 6) is -1.60. The maximum atomic E-state index is 12.8. The summed E-state index contributed by atoms with van der Waals surface area (Å²) in [6, 6.07) is 7.08. The van der Waals surface area contributed by atoms with Crippen LogP contribution < -0.4 is 10.2 Å². The van der Waals surface area contributed by atoms with Gasteiger partial charge in [-0.05, 0) is 25.1 Å². The SMILES string of the molecule is C[C@H]1O[C@@H](O[C@H]2[C@H](Oc3cc(O)c4c(=O)cc(-c5ccc(O)c(O)c5)oc4c3)O[C@H](CO)[C@@H](O)[C@H]2O)[C@H](O)[C@H](O)[C@@H]1O. The van der Waals surface area contributed by atoms with Crippen molar-refractivity contribution in [2.24, 2.45) is 0 Å². The summed E-state index contributed by atoms with van der Waals surface area (Å²) in [6.07, 6.45) is -15.5. The van der Waals surface area contributed by atoms with Crippen molar-refractivity contribution in [1.82, 2.24) is 0 Å². The summed E-state index contributed by atoms with van der Waals surface area (Å²) in [5, 5.41) is 91.2. The Kier molecular flexibility index (Phi) is 8.30. The van der Waals surface area contributed by atoms with Crippen LogP contribution in [0.25, 0.3) is 22.3 Å². The zero-order chi connectivity index (χ0) is 30.5. The first kappa shape index (κ1) is 30.0. The number of aromatic hydroxyl groups is 3. The molecule has 42 heavy (non-hydrogen) atoms. The number of rotatable bonds is 6. The highest BCUT2D eigenvalue weighted by Gasteiger charge is 2.50. The second kappa shape index (κ2) is 11.6. The highest BCUT2D eigenvalue weighted by atomic mass is 16.8. The summed E-state index contributed by atoms with van der Waals surface area (Å²) in [7, 11) is 0. The lowest BCUT2D eigenvalue weighted by molar-refractivity contribution is -0.354. The standard InChI is InChI=1S/C27H30O15/c1-9-20(33)22(35)24(37)26(38-9)42-25-23(36)21(34)18(8-28)41-27(25)39-11-5-14(31)19-15(32)7-16(40-17(19)6-11)10-2-3-12(29)13(30)4-10/h2-7,9,18,20-31,33-37H,8H2,1H3/t9-,18-,20-,21-,22-,23-,24-,25-,26+,27-/m1/s1. The predicted octanol–water partition coefficient (Wildman–Crippen LogP) is -1.39. The number of aliphatic hydroxyl groups excluding tert-OH is 6. The molecule has 0 saturated carbocycles. The molecule has 2 aliphatic heterocycles. The second-order valence-electron chi connectivity index (χ2n) is 10.1. The van der Waals surface area contributed by atoms with Gasteiger partial charge in [0.1, 0.15) is 64.9 Å². The van der Waals surface area contributed by atoms with Gasteiger partial charge in [0.15, 0.2) is 29.3 Å². The molecule has 15 nitrogen and oxygen atoms in total. The summed E-state index contributed by atoms with van der Waals surface area (Å²) in [6.45, 7) is 0.671. The van der Waals surface area contributed by atoms with Crippen molar-refractivity contribution in [3.05, 3.63) is 46.6 Å². The third-order valence-corrected chi connectivity index (χ3v) is 7.22. The number of ether oxygens (including phenoxy) is 4. The predicted molar refractivity (Wildman–Crippen MR) is 139 cm³/mol. The Balaban J connectivity index is 1.48. The minimum Gasteiger partial charge on any atom is -0.507 e. The van der Waals surface area contributed by atoms with Crippen LogP contribution in [0.1, 0.15) is 6.92 Å². The first-order chi connectivity index (χ1) is 19.9. The third-order valence-electron chi connectivity index (χ3n) is 7.22. The van der Waals surface area contributed by atoms with Crippen molar-refractivity contribution < 1.29 is 69.3 Å². The van der Waals surface area contributed by atoms with Crippen LogP contribution >= 0.6 is 0 Å². The van der Waals surface area contributed by atoms with E-state index in [1.54, 1.807) is 0 Å². The first-order valence-electron chi connectivity index (χ1n) is 12.9. The van der Waals surface area contributed by atoms with Crippen LogP contribution in [0, 0.1) is 0 Å². The van der Waals surface area contributed by atoms with Crippen LogP contribution in [0.3, 0.4) is 0 Å². The van der Waals surface area contributed by atoms with Crippen LogP contribution in [-0.2, 0) is 14.2 Å². The molecule has 0 aliphatic carbocycles. The van der Waals surface area contributed by atoms with Crippen molar-refractivity contribution >= 4 is 11.0 Å². The molecule has 2 fully saturated rings. The average molecular weight is 595 g/mol. The van der Waals surface area contributed by atoms with E-state index in [9.17, 15) is 50.8 Å². The number of phenols is 3. The van der Waals surface area contributed by atoms with Crippen LogP contribution in [0.15, 0.2) is 45.6 Å². The van der Waals surface area contributed by atoms with Crippen molar-refractivity contribution in [2.75, 3.05) is 6.61 Å². The van der Waals surface area contributed by atoms with E-state index in [1.807, 2.05) is 0 Å². The molecule has 15 heteroatoms. The Morgan fingerprint density at radius 1 is 0.786 bits per heavy atom. The third kappa shape index (κ3) is 5.49. The highest BCUT2D eigenvalue weighted by molar-refractivity contribution is 5.86. The van der Waals surface area contributed by atoms with E-state index in [0.717, 1.165) is 18.2 Å². The number of hydrogen-bond acceptors (Lipinski definition) is 15. The molecule has 2 aromatic carbocycles. The normalized spacial score (nSPS) is 33.5. The second-order valence-corrected chi connectivity index (χ2v) is 10.1. The van der Waals surface area contributed by atoms with E-state index in [4.69, 9.17) is 23.4 Å². The maximum absolute atomic E-state index is 12.8. The fourth-order valence-corrected chi connectivity index (χ4v) is 4.84. The van der Waals surface area contributed by atoms with Crippen molar-refractivity contribution in [1.29, 1.82) is 0 Å². The lowest BCUT2D eigenvalue weighted by atomic mass is 9.97. The zero-order valence-corrected chi connectivity index (χ0v) is 21.9. The van der Waals surface area contributed by atoms with Crippen LogP contribution in [0.4, 0.5) is 0 Å². The molecule has 228 valence electrons. The topological polar surface area (TPSA) is 249 Å². The maximum Gasteiger partial charge on any atom is 0.229 e. The Labute approximate surface area is 236 Å². The van der Waals surface area contributed by atoms with Crippen LogP contribution in [0.5, 0.6) is 23.0 Å². The van der Waals surface area contributed by atoms with Gasteiger partial charge < -0.3 is 69.3 Å². The van der Waals surface area contributed by atoms with Crippen LogP contribution in [0.2, 0.25) is 0 Å². The molecule has 3 aromatic rings. The lowest BCUT2D eigenvalue weighted by Crippen LogP contribution is -2.64. The lowest BCUT2D eigenvalue weighted by Gasteiger charge is -2.45. The molecule has 1 aromatic heterocycles. The van der Waals surface area contributed by atoms with E-state index >= 15 is 0 Å². The van der Waals surface area contributed by atoms with Gasteiger partial charge in [0, 0.05) is 23.8 Å². The van der Waals surface area contributed by atoms with Gasteiger partial charge in [-0.25, -0.2) is 0 Å². The minimum atomic E-state index is -1.78. The smallest absolute Gasteiger partial charge is 0.229 e. The quantitative estimate of drug-likeness (QED) is 0.149.